The molecule has 2 aliphatic rings. The normalized spacial score (nSPS) is 24.2. The second-order valence-corrected chi connectivity index (χ2v) is 7.39. The minimum Gasteiger partial charge on any atom is -0.207 e. The zero-order valence-electron chi connectivity index (χ0n) is 14.2. The summed E-state index contributed by atoms with van der Waals surface area (Å²) in [7, 11) is 0. The lowest BCUT2D eigenvalue weighted by Gasteiger charge is -2.32. The van der Waals surface area contributed by atoms with Gasteiger partial charge < -0.3 is 0 Å². The fourth-order valence-electron chi connectivity index (χ4n) is 4.38. The van der Waals surface area contributed by atoms with E-state index in [9.17, 15) is 8.78 Å². The molecule has 0 unspecified atom stereocenters. The summed E-state index contributed by atoms with van der Waals surface area (Å²) >= 11 is 0. The first kappa shape index (κ1) is 16.7. The number of benzene rings is 1. The first-order valence-electron chi connectivity index (χ1n) is 9.35. The molecule has 0 heterocycles. The van der Waals surface area contributed by atoms with E-state index in [0.29, 0.717) is 11.5 Å². The van der Waals surface area contributed by atoms with Gasteiger partial charge in [0.05, 0.1) is 0 Å². The van der Waals surface area contributed by atoms with Gasteiger partial charge in [0.1, 0.15) is 11.6 Å². The monoisotopic (exact) mass is 318 g/mol. The summed E-state index contributed by atoms with van der Waals surface area (Å²) in [5, 5.41) is 0. The van der Waals surface area contributed by atoms with Crippen LogP contribution in [0.25, 0.3) is 6.08 Å². The molecule has 0 N–H and O–H groups in total. The summed E-state index contributed by atoms with van der Waals surface area (Å²) in [6, 6.07) is 2.51. The van der Waals surface area contributed by atoms with Crippen LogP contribution in [-0.4, -0.2) is 0 Å². The van der Waals surface area contributed by atoms with Gasteiger partial charge in [0.15, 0.2) is 0 Å². The lowest BCUT2D eigenvalue weighted by molar-refractivity contribution is 0.279. The topological polar surface area (TPSA) is 0 Å². The van der Waals surface area contributed by atoms with Crippen LogP contribution in [0.1, 0.15) is 75.8 Å². The Balaban J connectivity index is 1.62. The summed E-state index contributed by atoms with van der Waals surface area (Å²) in [6.45, 7) is 2.26. The van der Waals surface area contributed by atoms with Crippen molar-refractivity contribution in [2.75, 3.05) is 0 Å². The van der Waals surface area contributed by atoms with Crippen molar-refractivity contribution in [2.24, 2.45) is 11.8 Å². The van der Waals surface area contributed by atoms with E-state index in [2.05, 4.69) is 13.0 Å². The summed E-state index contributed by atoms with van der Waals surface area (Å²) in [4.78, 5) is 0. The molecule has 126 valence electrons. The zero-order valence-corrected chi connectivity index (χ0v) is 14.2. The maximum atomic E-state index is 13.8. The van der Waals surface area contributed by atoms with Crippen LogP contribution in [0.2, 0.25) is 0 Å². The van der Waals surface area contributed by atoms with Crippen LogP contribution in [0.15, 0.2) is 17.7 Å². The highest BCUT2D eigenvalue weighted by molar-refractivity contribution is 5.60. The molecule has 1 saturated carbocycles. The molecule has 0 atom stereocenters. The predicted octanol–water partition coefficient (Wildman–Crippen LogP) is 6.68. The summed E-state index contributed by atoms with van der Waals surface area (Å²) in [6.07, 6.45) is 14.3. The first-order chi connectivity index (χ1) is 11.2. The van der Waals surface area contributed by atoms with Crippen LogP contribution < -0.4 is 0 Å². The lowest BCUT2D eigenvalue weighted by atomic mass is 9.74. The highest BCUT2D eigenvalue weighted by Crippen LogP contribution is 2.40. The average molecular weight is 318 g/mol. The third-order valence-corrected chi connectivity index (χ3v) is 5.79. The Bertz CT molecular complexity index is 565. The Morgan fingerprint density at radius 3 is 2.52 bits per heavy atom. The third-order valence-electron chi connectivity index (χ3n) is 5.79. The lowest BCUT2D eigenvalue weighted by Crippen LogP contribution is -2.18. The van der Waals surface area contributed by atoms with E-state index in [1.165, 1.54) is 63.0 Å². The molecule has 2 heteroatoms. The molecule has 0 radical (unpaired) electrons. The molecular weight excluding hydrogens is 290 g/mol. The maximum absolute atomic E-state index is 13.8. The van der Waals surface area contributed by atoms with Gasteiger partial charge in [0.25, 0.3) is 0 Å². The van der Waals surface area contributed by atoms with Crippen molar-refractivity contribution < 1.29 is 8.78 Å². The molecule has 23 heavy (non-hydrogen) atoms. The van der Waals surface area contributed by atoms with Gasteiger partial charge in [-0.1, -0.05) is 44.3 Å². The molecule has 3 rings (SSSR count). The molecule has 2 aliphatic carbocycles. The van der Waals surface area contributed by atoms with Gasteiger partial charge in [-0.3, -0.25) is 0 Å². The SMILES string of the molecule is CCCCCC1CCC(C2=Cc3cc(F)cc(F)c3CC2)CC1. The first-order valence-corrected chi connectivity index (χ1v) is 9.35. The number of hydrogen-bond donors (Lipinski definition) is 0. The van der Waals surface area contributed by atoms with Crippen molar-refractivity contribution in [3.05, 3.63) is 40.5 Å². The molecular formula is C21H28F2. The van der Waals surface area contributed by atoms with E-state index in [0.717, 1.165) is 30.4 Å². The largest absolute Gasteiger partial charge is 0.207 e. The Hall–Kier alpha value is -1.18. The van der Waals surface area contributed by atoms with Crippen molar-refractivity contribution in [1.82, 2.24) is 0 Å². The number of halogens is 2. The van der Waals surface area contributed by atoms with Crippen molar-refractivity contribution in [1.29, 1.82) is 0 Å². The van der Waals surface area contributed by atoms with Crippen LogP contribution in [0, 0.1) is 23.5 Å². The number of rotatable bonds is 5. The second kappa shape index (κ2) is 7.59. The molecule has 0 saturated heterocycles. The van der Waals surface area contributed by atoms with Crippen molar-refractivity contribution in [3.8, 4) is 0 Å². The molecule has 1 aromatic carbocycles. The van der Waals surface area contributed by atoms with E-state index in [1.807, 2.05) is 0 Å². The molecule has 1 aromatic rings. The van der Waals surface area contributed by atoms with E-state index < -0.39 is 5.82 Å². The van der Waals surface area contributed by atoms with Crippen LogP contribution >= 0.6 is 0 Å². The molecule has 0 nitrogen and oxygen atoms in total. The fraction of sp³-hybridized carbons (Fsp3) is 0.619. The Morgan fingerprint density at radius 2 is 1.78 bits per heavy atom. The molecule has 0 amide bonds. The average Bonchev–Trinajstić information content (AvgIpc) is 2.55. The standard InChI is InChI=1S/C21H28F2/c1-2-3-4-5-15-6-8-16(9-7-15)17-10-11-20-18(12-17)13-19(22)14-21(20)23/h12-16H,2-11H2,1H3. The van der Waals surface area contributed by atoms with E-state index in [4.69, 9.17) is 0 Å². The molecule has 0 bridgehead atoms. The highest BCUT2D eigenvalue weighted by Gasteiger charge is 2.26. The summed E-state index contributed by atoms with van der Waals surface area (Å²) in [5.74, 6) is 0.703. The van der Waals surface area contributed by atoms with E-state index in [-0.39, 0.29) is 5.82 Å². The Kier molecular flexibility index (Phi) is 5.50. The Morgan fingerprint density at radius 1 is 1.00 bits per heavy atom. The Labute approximate surface area is 139 Å². The van der Waals surface area contributed by atoms with Gasteiger partial charge in [0.2, 0.25) is 0 Å². The number of fused-ring (bicyclic) bond motifs is 1. The van der Waals surface area contributed by atoms with Crippen LogP contribution in [0.3, 0.4) is 0 Å². The van der Waals surface area contributed by atoms with Crippen LogP contribution in [0.5, 0.6) is 0 Å². The van der Waals surface area contributed by atoms with E-state index >= 15 is 0 Å². The van der Waals surface area contributed by atoms with Gasteiger partial charge >= 0.3 is 0 Å². The van der Waals surface area contributed by atoms with Gasteiger partial charge in [-0.15, -0.1) is 0 Å². The summed E-state index contributed by atoms with van der Waals surface area (Å²) in [5.41, 5.74) is 2.90. The number of allylic oxidation sites excluding steroid dienone is 1. The smallest absolute Gasteiger partial charge is 0.129 e. The molecule has 1 fully saturated rings. The van der Waals surface area contributed by atoms with Gasteiger partial charge in [-0.25, -0.2) is 8.78 Å². The number of unbranched alkanes of at least 4 members (excludes halogenated alkanes) is 2. The highest BCUT2D eigenvalue weighted by atomic mass is 19.1. The fourth-order valence-corrected chi connectivity index (χ4v) is 4.38. The predicted molar refractivity (Wildman–Crippen MR) is 92.2 cm³/mol. The van der Waals surface area contributed by atoms with Crippen molar-refractivity contribution in [2.45, 2.75) is 71.1 Å². The third kappa shape index (κ3) is 4.02. The minimum atomic E-state index is -0.460. The van der Waals surface area contributed by atoms with Gasteiger partial charge in [0, 0.05) is 6.07 Å². The summed E-state index contributed by atoms with van der Waals surface area (Å²) < 4.78 is 27.3. The van der Waals surface area contributed by atoms with Crippen LogP contribution in [0.4, 0.5) is 8.78 Å². The maximum Gasteiger partial charge on any atom is 0.129 e. The quantitative estimate of drug-likeness (QED) is 0.531. The molecule has 0 spiro atoms. The van der Waals surface area contributed by atoms with E-state index in [1.54, 1.807) is 0 Å². The zero-order chi connectivity index (χ0) is 16.2. The number of hydrogen-bond acceptors (Lipinski definition) is 0. The van der Waals surface area contributed by atoms with Crippen molar-refractivity contribution >= 4 is 6.08 Å². The molecule has 0 aliphatic heterocycles. The minimum absolute atomic E-state index is 0.380. The molecule has 0 aromatic heterocycles. The van der Waals surface area contributed by atoms with Crippen molar-refractivity contribution in [3.63, 3.8) is 0 Å². The second-order valence-electron chi connectivity index (χ2n) is 7.39. The van der Waals surface area contributed by atoms with Gasteiger partial charge in [-0.2, -0.15) is 0 Å². The van der Waals surface area contributed by atoms with Gasteiger partial charge in [-0.05, 0) is 67.6 Å². The van der Waals surface area contributed by atoms with Crippen LogP contribution in [-0.2, 0) is 6.42 Å².